The van der Waals surface area contributed by atoms with Crippen LogP contribution < -0.4 is 5.11 Å². The minimum atomic E-state index is -0.424. The minimum Gasteiger partial charge on any atom is -0.858 e. The molecular formula is C13H10N3O2S-. The number of hydrogen-bond donors (Lipinski definition) is 1. The predicted molar refractivity (Wildman–Crippen MR) is 71.2 cm³/mol. The SMILES string of the molecule is CN=C([O-])c1c(C)[nH]c(=S)c(C#N)c1-c1ccco1. The number of hydrogen-bond acceptors (Lipinski definition) is 5. The van der Waals surface area contributed by atoms with Gasteiger partial charge in [-0.2, -0.15) is 5.26 Å². The van der Waals surface area contributed by atoms with E-state index in [1.807, 2.05) is 6.07 Å². The van der Waals surface area contributed by atoms with Gasteiger partial charge in [0, 0.05) is 23.9 Å². The van der Waals surface area contributed by atoms with Gasteiger partial charge in [-0.3, -0.25) is 0 Å². The molecular weight excluding hydrogens is 262 g/mol. The molecule has 0 aliphatic carbocycles. The fraction of sp³-hybridized carbons (Fsp3) is 0.154. The topological polar surface area (TPSA) is 88.1 Å². The van der Waals surface area contributed by atoms with Gasteiger partial charge in [0.2, 0.25) is 0 Å². The molecule has 0 amide bonds. The Kier molecular flexibility index (Phi) is 3.49. The lowest BCUT2D eigenvalue weighted by Crippen LogP contribution is -2.22. The maximum Gasteiger partial charge on any atom is 0.135 e. The van der Waals surface area contributed by atoms with E-state index < -0.39 is 5.90 Å². The van der Waals surface area contributed by atoms with Crippen LogP contribution >= 0.6 is 12.2 Å². The van der Waals surface area contributed by atoms with E-state index in [9.17, 15) is 10.4 Å². The minimum absolute atomic E-state index is 0.211. The predicted octanol–water partition coefficient (Wildman–Crippen LogP) is 1.92. The average Bonchev–Trinajstić information content (AvgIpc) is 2.90. The molecule has 0 unspecified atom stereocenters. The number of aryl methyl sites for hydroxylation is 1. The van der Waals surface area contributed by atoms with Crippen LogP contribution in [-0.2, 0) is 0 Å². The molecule has 2 aromatic rings. The quantitative estimate of drug-likeness (QED) is 0.514. The second kappa shape index (κ2) is 5.08. The number of nitrogens with one attached hydrogen (secondary N) is 1. The van der Waals surface area contributed by atoms with Crippen molar-refractivity contribution in [3.8, 4) is 17.4 Å². The lowest BCUT2D eigenvalue weighted by Gasteiger charge is -2.17. The molecule has 96 valence electrons. The van der Waals surface area contributed by atoms with E-state index >= 15 is 0 Å². The van der Waals surface area contributed by atoms with Crippen LogP contribution in [0.3, 0.4) is 0 Å². The number of aromatic amines is 1. The van der Waals surface area contributed by atoms with Crippen molar-refractivity contribution in [2.45, 2.75) is 6.92 Å². The van der Waals surface area contributed by atoms with Gasteiger partial charge in [0.1, 0.15) is 16.5 Å². The van der Waals surface area contributed by atoms with Gasteiger partial charge in [0.15, 0.2) is 0 Å². The first-order chi connectivity index (χ1) is 9.10. The van der Waals surface area contributed by atoms with Gasteiger partial charge in [-0.25, -0.2) is 0 Å². The molecule has 0 aliphatic rings. The van der Waals surface area contributed by atoms with E-state index in [1.54, 1.807) is 19.1 Å². The summed E-state index contributed by atoms with van der Waals surface area (Å²) in [6.07, 6.45) is 1.48. The lowest BCUT2D eigenvalue weighted by atomic mass is 9.99. The highest BCUT2D eigenvalue weighted by Gasteiger charge is 2.17. The van der Waals surface area contributed by atoms with E-state index in [-0.39, 0.29) is 10.2 Å². The zero-order chi connectivity index (χ0) is 14.0. The molecule has 2 heterocycles. The summed E-state index contributed by atoms with van der Waals surface area (Å²) in [5, 5.41) is 21.2. The van der Waals surface area contributed by atoms with Crippen molar-refractivity contribution in [2.75, 3.05) is 7.05 Å². The summed E-state index contributed by atoms with van der Waals surface area (Å²) in [6.45, 7) is 1.71. The van der Waals surface area contributed by atoms with E-state index in [0.717, 1.165) is 0 Å². The van der Waals surface area contributed by atoms with E-state index in [2.05, 4.69) is 9.98 Å². The molecule has 6 heteroatoms. The second-order valence-corrected chi connectivity index (χ2v) is 4.23. The molecule has 2 rings (SSSR count). The highest BCUT2D eigenvalue weighted by Crippen LogP contribution is 2.29. The highest BCUT2D eigenvalue weighted by atomic mass is 32.1. The van der Waals surface area contributed by atoms with Crippen LogP contribution in [0.2, 0.25) is 0 Å². The molecule has 2 aromatic heterocycles. The van der Waals surface area contributed by atoms with Gasteiger partial charge in [-0.05, 0) is 25.0 Å². The van der Waals surface area contributed by atoms with Crippen molar-refractivity contribution >= 4 is 18.1 Å². The van der Waals surface area contributed by atoms with Crippen LogP contribution in [0.5, 0.6) is 0 Å². The Balaban J connectivity index is 2.96. The van der Waals surface area contributed by atoms with Crippen molar-refractivity contribution in [1.29, 1.82) is 5.26 Å². The van der Waals surface area contributed by atoms with Crippen molar-refractivity contribution in [3.63, 3.8) is 0 Å². The molecule has 1 N–H and O–H groups in total. The first kappa shape index (κ1) is 13.1. The maximum atomic E-state index is 12.0. The largest absolute Gasteiger partial charge is 0.858 e. The lowest BCUT2D eigenvalue weighted by molar-refractivity contribution is -0.213. The Hall–Kier alpha value is -2.39. The van der Waals surface area contributed by atoms with Crippen LogP contribution in [0, 0.1) is 22.9 Å². The third-order valence-electron chi connectivity index (χ3n) is 2.70. The number of nitrogens with zero attached hydrogens (tertiary/aromatic N) is 2. The van der Waals surface area contributed by atoms with Crippen molar-refractivity contribution < 1.29 is 9.52 Å². The molecule has 0 spiro atoms. The zero-order valence-electron chi connectivity index (χ0n) is 10.4. The van der Waals surface area contributed by atoms with Gasteiger partial charge < -0.3 is 19.5 Å². The maximum absolute atomic E-state index is 12.0. The molecule has 0 radical (unpaired) electrons. The molecule has 19 heavy (non-hydrogen) atoms. The summed E-state index contributed by atoms with van der Waals surface area (Å²) < 4.78 is 5.58. The van der Waals surface area contributed by atoms with E-state index in [0.29, 0.717) is 22.6 Å². The summed E-state index contributed by atoms with van der Waals surface area (Å²) in [7, 11) is 1.40. The molecule has 0 saturated heterocycles. The average molecular weight is 272 g/mol. The second-order valence-electron chi connectivity index (χ2n) is 3.82. The number of nitriles is 1. The fourth-order valence-corrected chi connectivity index (χ4v) is 2.18. The molecule has 0 atom stereocenters. The number of aliphatic imine (C=N–C) groups is 1. The van der Waals surface area contributed by atoms with Crippen LogP contribution in [0.15, 0.2) is 27.8 Å². The highest BCUT2D eigenvalue weighted by molar-refractivity contribution is 7.71. The number of rotatable bonds is 2. The van der Waals surface area contributed by atoms with E-state index in [4.69, 9.17) is 16.6 Å². The monoisotopic (exact) mass is 272 g/mol. The Labute approximate surface area is 114 Å². The van der Waals surface area contributed by atoms with Gasteiger partial charge >= 0.3 is 0 Å². The first-order valence-electron chi connectivity index (χ1n) is 5.45. The number of H-pyrrole nitrogens is 1. The van der Waals surface area contributed by atoms with Gasteiger partial charge in [0.25, 0.3) is 0 Å². The summed E-state index contributed by atoms with van der Waals surface area (Å²) >= 11 is 5.12. The normalized spacial score (nSPS) is 11.3. The third kappa shape index (κ3) is 2.16. The summed E-state index contributed by atoms with van der Waals surface area (Å²) in [6, 6.07) is 5.37. The van der Waals surface area contributed by atoms with Crippen LogP contribution in [0.1, 0.15) is 16.8 Å². The Morgan fingerprint density at radius 1 is 1.58 bits per heavy atom. The molecule has 0 bridgehead atoms. The Morgan fingerprint density at radius 2 is 2.32 bits per heavy atom. The molecule has 0 aliphatic heterocycles. The molecule has 0 aromatic carbocycles. The van der Waals surface area contributed by atoms with Crippen LogP contribution in [-0.4, -0.2) is 17.9 Å². The number of pyridine rings is 1. The van der Waals surface area contributed by atoms with Gasteiger partial charge in [-0.1, -0.05) is 12.2 Å². The summed E-state index contributed by atoms with van der Waals surface area (Å²) in [4.78, 5) is 6.50. The first-order valence-corrected chi connectivity index (χ1v) is 5.86. The standard InChI is InChI=1S/C13H11N3O2S/c1-7-10(12(17)15-2)11(9-4-3-5-18-9)8(6-14)13(19)16-7/h3-5H,1-2H3,(H,15,17)(H,16,19)/p-1. The van der Waals surface area contributed by atoms with Crippen LogP contribution in [0.25, 0.3) is 11.3 Å². The van der Waals surface area contributed by atoms with Gasteiger partial charge in [0.05, 0.1) is 11.8 Å². The fourth-order valence-electron chi connectivity index (χ4n) is 1.87. The summed E-state index contributed by atoms with van der Waals surface area (Å²) in [5.41, 5.74) is 1.47. The number of aromatic nitrogens is 1. The Morgan fingerprint density at radius 3 is 2.84 bits per heavy atom. The summed E-state index contributed by atoms with van der Waals surface area (Å²) in [5.74, 6) is -0.00148. The third-order valence-corrected chi connectivity index (χ3v) is 3.01. The van der Waals surface area contributed by atoms with Crippen molar-refractivity contribution in [2.24, 2.45) is 4.99 Å². The van der Waals surface area contributed by atoms with Crippen molar-refractivity contribution in [1.82, 2.24) is 4.98 Å². The number of furan rings is 1. The Bertz CT molecular complexity index is 736. The van der Waals surface area contributed by atoms with Crippen LogP contribution in [0.4, 0.5) is 0 Å². The zero-order valence-corrected chi connectivity index (χ0v) is 11.2. The molecule has 5 nitrogen and oxygen atoms in total. The smallest absolute Gasteiger partial charge is 0.135 e. The molecule has 0 saturated carbocycles. The van der Waals surface area contributed by atoms with E-state index in [1.165, 1.54) is 13.3 Å². The van der Waals surface area contributed by atoms with Gasteiger partial charge in [-0.15, -0.1) is 0 Å². The molecule has 0 fully saturated rings. The van der Waals surface area contributed by atoms with Crippen molar-refractivity contribution in [3.05, 3.63) is 39.9 Å².